The molecule has 0 spiro atoms. The number of carbonyl (C=O) groups excluding carboxylic acids is 1. The maximum atomic E-state index is 14.6. The van der Waals surface area contributed by atoms with Crippen LogP contribution in [0.1, 0.15) is 39.3 Å². The van der Waals surface area contributed by atoms with Gasteiger partial charge in [0.2, 0.25) is 0 Å². The van der Waals surface area contributed by atoms with E-state index in [0.29, 0.717) is 5.52 Å². The molecule has 1 aromatic carbocycles. The Kier molecular flexibility index (Phi) is 10.2. The van der Waals surface area contributed by atoms with Gasteiger partial charge in [-0.2, -0.15) is 5.10 Å². The number of para-hydroxylation sites is 1. The number of carbonyl (C=O) groups is 1. The Morgan fingerprint density at radius 1 is 1.30 bits per heavy atom. The fourth-order valence-electron chi connectivity index (χ4n) is 4.61. The van der Waals surface area contributed by atoms with Crippen molar-refractivity contribution < 1.29 is 42.5 Å². The summed E-state index contributed by atoms with van der Waals surface area (Å²) in [7, 11) is -4.35. The molecule has 3 aromatic rings. The third-order valence-corrected chi connectivity index (χ3v) is 8.91. The summed E-state index contributed by atoms with van der Waals surface area (Å²) in [6.45, 7) is 3.01. The molecule has 234 valence electrons. The van der Waals surface area contributed by atoms with E-state index in [9.17, 15) is 24.0 Å². The maximum absolute atomic E-state index is 14.6. The van der Waals surface area contributed by atoms with E-state index in [4.69, 9.17) is 24.3 Å². The molecule has 1 fully saturated rings. The van der Waals surface area contributed by atoms with Gasteiger partial charge in [0.1, 0.15) is 48.0 Å². The molecular weight excluding hydrogens is 584 g/mol. The second kappa shape index (κ2) is 13.5. The first kappa shape index (κ1) is 32.5. The number of nitrogen functional groups attached to an aromatic ring is 1. The van der Waals surface area contributed by atoms with Crippen LogP contribution in [0, 0.1) is 5.92 Å². The van der Waals surface area contributed by atoms with E-state index in [1.54, 1.807) is 18.2 Å². The minimum atomic E-state index is -4.35. The van der Waals surface area contributed by atoms with Crippen LogP contribution in [0.25, 0.3) is 5.52 Å². The first-order valence-electron chi connectivity index (χ1n) is 13.9. The molecule has 15 heteroatoms. The second-order valence-corrected chi connectivity index (χ2v) is 12.2. The lowest BCUT2D eigenvalue weighted by molar-refractivity contribution is -0.146. The Hall–Kier alpha value is -3.42. The molecule has 13 nitrogen and oxygen atoms in total. The first-order chi connectivity index (χ1) is 20.5. The number of aliphatic hydroxyl groups excluding tert-OH is 1. The predicted octanol–water partition coefficient (Wildman–Crippen LogP) is 3.28. The average molecular weight is 622 g/mol. The largest absolute Gasteiger partial charge is 0.464 e. The van der Waals surface area contributed by atoms with E-state index in [0.717, 1.165) is 18.8 Å². The molecule has 5 atom stereocenters. The smallest absolute Gasteiger partial charge is 0.421 e. The Labute approximate surface area is 248 Å². The molecular formula is C28H37FN5O8P. The number of benzene rings is 1. The molecule has 2 aromatic heterocycles. The highest BCUT2D eigenvalue weighted by Gasteiger charge is 2.60. The molecule has 1 aliphatic rings. The van der Waals surface area contributed by atoms with Gasteiger partial charge in [0.25, 0.3) is 0 Å². The van der Waals surface area contributed by atoms with Crippen molar-refractivity contribution in [3.05, 3.63) is 54.5 Å². The van der Waals surface area contributed by atoms with Crippen LogP contribution in [0.5, 0.6) is 5.75 Å². The maximum Gasteiger partial charge on any atom is 0.421 e. The highest BCUT2D eigenvalue weighted by atomic mass is 31.2. The summed E-state index contributed by atoms with van der Waals surface area (Å²) in [4.78, 5) is 20.5. The first-order valence-corrected chi connectivity index (χ1v) is 15.5. The van der Waals surface area contributed by atoms with Crippen molar-refractivity contribution in [1.29, 1.82) is 0 Å². The summed E-state index contributed by atoms with van der Waals surface area (Å²) in [5.74, 6) is 0.710. The van der Waals surface area contributed by atoms with E-state index in [2.05, 4.69) is 15.1 Å². The summed E-state index contributed by atoms with van der Waals surface area (Å²) >= 11 is 0. The van der Waals surface area contributed by atoms with Gasteiger partial charge in [-0.1, -0.05) is 44.9 Å². The fraction of sp³-hybridized carbons (Fsp3) is 0.500. The number of aliphatic imine (C=N–C) groups is 1. The lowest BCUT2D eigenvalue weighted by Gasteiger charge is -2.33. The van der Waals surface area contributed by atoms with Crippen LogP contribution in [0.2, 0.25) is 0 Å². The third kappa shape index (κ3) is 6.89. The summed E-state index contributed by atoms with van der Waals surface area (Å²) in [5, 5.41) is 26.9. The van der Waals surface area contributed by atoms with Crippen molar-refractivity contribution in [3.63, 3.8) is 0 Å². The van der Waals surface area contributed by atoms with Crippen molar-refractivity contribution in [3.8, 4) is 5.75 Å². The molecule has 0 amide bonds. The van der Waals surface area contributed by atoms with Crippen molar-refractivity contribution >= 4 is 30.9 Å². The van der Waals surface area contributed by atoms with Crippen LogP contribution in [-0.4, -0.2) is 81.0 Å². The van der Waals surface area contributed by atoms with Gasteiger partial charge in [0.15, 0.2) is 11.4 Å². The Bertz CT molecular complexity index is 1470. The van der Waals surface area contributed by atoms with E-state index < -0.39 is 56.8 Å². The number of nitrogens with two attached hydrogens (primary N) is 1. The number of aliphatic hydroxyl groups is 2. The van der Waals surface area contributed by atoms with Crippen LogP contribution < -0.4 is 10.3 Å². The number of fused-ring (bicyclic) bond motifs is 1. The van der Waals surface area contributed by atoms with Crippen molar-refractivity contribution in [2.45, 2.75) is 57.0 Å². The molecule has 0 radical (unpaired) electrons. The van der Waals surface area contributed by atoms with Gasteiger partial charge < -0.3 is 29.9 Å². The van der Waals surface area contributed by atoms with Crippen LogP contribution in [0.3, 0.4) is 0 Å². The van der Waals surface area contributed by atoms with E-state index >= 15 is 0 Å². The summed E-state index contributed by atoms with van der Waals surface area (Å²) < 4.78 is 52.0. The molecule has 4 rings (SSSR count). The second-order valence-electron chi connectivity index (χ2n) is 10.4. The standard InChI is InChI=1S/C28H37FN5O8P/c1-4-20(5-2)13-39-25(35)19(3)32-18-43(38,42-21-9-7-6-8-10-21)41-15-27(14-29)26(36)28(37,16-40-27)23-12-11-22-24(30)31-17-33-34(22)23/h6-12,17-20,26,36-37H,4-5,13-16H2,1-3H3,(H2,30,31,33)/t19-,26+,27+,28+,43-/m0/s1. The minimum absolute atomic E-state index is 0.0745. The zero-order chi connectivity index (χ0) is 31.3. The lowest BCUT2D eigenvalue weighted by atomic mass is 9.86. The van der Waals surface area contributed by atoms with E-state index in [-0.39, 0.29) is 29.8 Å². The molecule has 4 N–H and O–H groups in total. The number of aromatic nitrogens is 3. The quantitative estimate of drug-likeness (QED) is 0.137. The highest BCUT2D eigenvalue weighted by Crippen LogP contribution is 2.49. The monoisotopic (exact) mass is 621 g/mol. The number of ether oxygens (including phenoxy) is 2. The molecule has 1 aliphatic heterocycles. The summed E-state index contributed by atoms with van der Waals surface area (Å²) in [6.07, 6.45) is 0.955. The molecule has 43 heavy (non-hydrogen) atoms. The molecule has 3 heterocycles. The van der Waals surface area contributed by atoms with E-state index in [1.807, 2.05) is 13.8 Å². The number of hydrogen-bond donors (Lipinski definition) is 3. The van der Waals surface area contributed by atoms with Crippen molar-refractivity contribution in [1.82, 2.24) is 14.6 Å². The predicted molar refractivity (Wildman–Crippen MR) is 156 cm³/mol. The number of anilines is 1. The van der Waals surface area contributed by atoms with Gasteiger partial charge in [-0.05, 0) is 37.1 Å². The van der Waals surface area contributed by atoms with Gasteiger partial charge in [0.05, 0.1) is 25.5 Å². The van der Waals surface area contributed by atoms with Crippen LogP contribution >= 0.6 is 7.60 Å². The zero-order valence-electron chi connectivity index (χ0n) is 24.2. The third-order valence-electron chi connectivity index (χ3n) is 7.54. The molecule has 0 bridgehead atoms. The van der Waals surface area contributed by atoms with Gasteiger partial charge in [-0.15, -0.1) is 0 Å². The molecule has 0 unspecified atom stereocenters. The van der Waals surface area contributed by atoms with Crippen LogP contribution in [-0.2, 0) is 29.0 Å². The molecule has 0 aliphatic carbocycles. The van der Waals surface area contributed by atoms with E-state index in [1.165, 1.54) is 42.0 Å². The lowest BCUT2D eigenvalue weighted by Crippen LogP contribution is -2.53. The van der Waals surface area contributed by atoms with Gasteiger partial charge in [-0.25, -0.2) is 23.2 Å². The minimum Gasteiger partial charge on any atom is -0.464 e. The number of alkyl halides is 1. The van der Waals surface area contributed by atoms with Gasteiger partial charge in [-0.3, -0.25) is 9.52 Å². The molecule has 1 saturated heterocycles. The van der Waals surface area contributed by atoms with Crippen LogP contribution in [0.15, 0.2) is 53.8 Å². The van der Waals surface area contributed by atoms with Gasteiger partial charge in [0, 0.05) is 0 Å². The number of hydrogen-bond acceptors (Lipinski definition) is 12. The Morgan fingerprint density at radius 3 is 2.70 bits per heavy atom. The summed E-state index contributed by atoms with van der Waals surface area (Å²) in [5.41, 5.74) is 2.02. The molecule has 0 saturated carbocycles. The van der Waals surface area contributed by atoms with Gasteiger partial charge >= 0.3 is 13.6 Å². The number of halogens is 1. The normalized spacial score (nSPS) is 24.4. The van der Waals surface area contributed by atoms with Crippen molar-refractivity contribution in [2.24, 2.45) is 10.9 Å². The zero-order valence-corrected chi connectivity index (χ0v) is 25.1. The number of esters is 1. The highest BCUT2D eigenvalue weighted by molar-refractivity contribution is 7.70. The number of nitrogens with zero attached hydrogens (tertiary/aromatic N) is 4. The van der Waals surface area contributed by atoms with Crippen molar-refractivity contribution in [2.75, 3.05) is 32.2 Å². The number of rotatable bonds is 14. The summed E-state index contributed by atoms with van der Waals surface area (Å²) in [6, 6.07) is 9.99. The average Bonchev–Trinajstić information content (AvgIpc) is 3.57. The fourth-order valence-corrected chi connectivity index (χ4v) is 5.95. The van der Waals surface area contributed by atoms with Crippen LogP contribution in [0.4, 0.5) is 10.2 Å². The topological polar surface area (TPSA) is 180 Å². The Morgan fingerprint density at radius 2 is 2.02 bits per heavy atom. The SMILES string of the molecule is CCC(CC)COC(=O)[C@H](C)N=C[P@](=O)(OC[C@@]1(CF)OC[C@@](O)(c2ccc3c(N)ncnn23)[C@@H]1O)Oc1ccccc1. The Balaban J connectivity index is 1.55.